The van der Waals surface area contributed by atoms with Crippen molar-refractivity contribution >= 4 is 35.1 Å². The average molecular weight is 1100 g/mol. The second-order valence-corrected chi connectivity index (χ2v) is 20.9. The maximum absolute atomic E-state index is 14.6. The molecule has 2 unspecified atom stereocenters. The number of esters is 2. The van der Waals surface area contributed by atoms with Crippen molar-refractivity contribution < 1.29 is 63.0 Å². The first-order valence-corrected chi connectivity index (χ1v) is 26.1. The van der Waals surface area contributed by atoms with Gasteiger partial charge in [-0.05, 0) is 112 Å². The van der Waals surface area contributed by atoms with Crippen molar-refractivity contribution in [2.24, 2.45) is 10.8 Å². The van der Waals surface area contributed by atoms with Crippen LogP contribution in [0.15, 0.2) is 48.5 Å². The molecule has 4 aromatic rings. The summed E-state index contributed by atoms with van der Waals surface area (Å²) in [4.78, 5) is 21.3. The number of hydrogen-bond donors (Lipinski definition) is 0. The normalized spacial score (nSPS) is 12.1. The third kappa shape index (κ3) is 21.0. The quantitative estimate of drug-likeness (QED) is 0.0328. The molecule has 0 heterocycles. The molecule has 0 bridgehead atoms. The number of alkyl halides is 2. The van der Waals surface area contributed by atoms with Crippen LogP contribution in [0.5, 0.6) is 0 Å². The molecular weight excluding hydrogens is 1020 g/mol. The molecule has 16 heteroatoms. The third-order valence-electron chi connectivity index (χ3n) is 11.0. The maximum Gasteiger partial charge on any atom is 0.338 e. The minimum Gasteiger partial charge on any atom is -0.462 e. The monoisotopic (exact) mass is 1100 g/mol. The minimum absolute atomic E-state index is 0.0438. The molecule has 0 radical (unpaired) electrons. The Morgan fingerprint density at radius 2 is 0.635 bits per heavy atom. The van der Waals surface area contributed by atoms with Crippen molar-refractivity contribution in [1.82, 2.24) is 0 Å². The minimum atomic E-state index is -2.20. The van der Waals surface area contributed by atoms with E-state index in [-0.39, 0.29) is 12.8 Å². The van der Waals surface area contributed by atoms with E-state index in [1.165, 1.54) is 27.7 Å². The zero-order valence-corrected chi connectivity index (χ0v) is 48.1. The Balaban J connectivity index is 0. The van der Waals surface area contributed by atoms with Crippen LogP contribution in [0.1, 0.15) is 205 Å². The molecule has 420 valence electrons. The van der Waals surface area contributed by atoms with E-state index in [1.807, 2.05) is 96.9 Å². The van der Waals surface area contributed by atoms with Crippen molar-refractivity contribution in [3.8, 4) is 0 Å². The Morgan fingerprint density at radius 3 is 0.838 bits per heavy atom. The Kier molecular flexibility index (Phi) is 32.0. The summed E-state index contributed by atoms with van der Waals surface area (Å²) in [5, 5.41) is 0. The Labute approximate surface area is 445 Å². The van der Waals surface area contributed by atoms with E-state index < -0.39 is 114 Å². The molecular formula is C58H80Cl2F10O4. The first-order valence-electron chi connectivity index (χ1n) is 25.3. The summed E-state index contributed by atoms with van der Waals surface area (Å²) in [7, 11) is 0. The number of ether oxygens (including phenoxy) is 2. The molecule has 4 aromatic carbocycles. The number of benzene rings is 4. The van der Waals surface area contributed by atoms with Crippen molar-refractivity contribution in [2.45, 2.75) is 185 Å². The van der Waals surface area contributed by atoms with Crippen LogP contribution in [0.4, 0.5) is 43.9 Å². The lowest BCUT2D eigenvalue weighted by atomic mass is 9.72. The van der Waals surface area contributed by atoms with Crippen molar-refractivity contribution in [1.29, 1.82) is 0 Å². The van der Waals surface area contributed by atoms with Crippen LogP contribution in [0.3, 0.4) is 0 Å². The summed E-state index contributed by atoms with van der Waals surface area (Å²) in [6.45, 7) is 33.6. The molecule has 4 rings (SSSR count). The van der Waals surface area contributed by atoms with Crippen molar-refractivity contribution in [3.05, 3.63) is 140 Å². The van der Waals surface area contributed by atoms with Crippen LogP contribution >= 0.6 is 23.2 Å². The van der Waals surface area contributed by atoms with Crippen LogP contribution in [0.25, 0.3) is 0 Å². The van der Waals surface area contributed by atoms with Gasteiger partial charge in [-0.3, -0.25) is 0 Å². The van der Waals surface area contributed by atoms with Gasteiger partial charge in [0.1, 0.15) is 0 Å². The van der Waals surface area contributed by atoms with Gasteiger partial charge < -0.3 is 9.47 Å². The number of halogens is 12. The van der Waals surface area contributed by atoms with Gasteiger partial charge in [0.05, 0.1) is 24.3 Å². The molecule has 0 fully saturated rings. The largest absolute Gasteiger partial charge is 0.462 e. The smallest absolute Gasteiger partial charge is 0.338 e. The van der Waals surface area contributed by atoms with Gasteiger partial charge in [-0.1, -0.05) is 121 Å². The van der Waals surface area contributed by atoms with Gasteiger partial charge in [-0.2, -0.15) is 0 Å². The highest BCUT2D eigenvalue weighted by atomic mass is 35.5. The molecule has 0 aliphatic heterocycles. The molecule has 0 amide bonds. The number of carbonyl (C=O) groups is 2. The highest BCUT2D eigenvalue weighted by Gasteiger charge is 2.42. The fraction of sp³-hybridized carbons (Fsp3) is 0.552. The summed E-state index contributed by atoms with van der Waals surface area (Å²) >= 11 is 12.8. The summed E-state index contributed by atoms with van der Waals surface area (Å²) in [5.74, 6) is -23.0. The number of rotatable bonds is 18. The number of carbonyl (C=O) groups excluding carboxylic acids is 2. The molecule has 0 aromatic heterocycles. The molecule has 4 nitrogen and oxygen atoms in total. The van der Waals surface area contributed by atoms with Crippen LogP contribution < -0.4 is 0 Å². The Hall–Kier alpha value is -4.30. The predicted octanol–water partition coefficient (Wildman–Crippen LogP) is 19.5. The maximum atomic E-state index is 14.6. The predicted molar refractivity (Wildman–Crippen MR) is 281 cm³/mol. The zero-order chi connectivity index (χ0) is 58.3. The Bertz CT molecular complexity index is 2100. The summed E-state index contributed by atoms with van der Waals surface area (Å²) < 4.78 is 151. The molecule has 2 atom stereocenters. The molecule has 0 aliphatic carbocycles. The number of hydrogen-bond acceptors (Lipinski definition) is 4. The van der Waals surface area contributed by atoms with Gasteiger partial charge in [0.2, 0.25) is 11.6 Å². The molecule has 0 aliphatic rings. The van der Waals surface area contributed by atoms with E-state index in [1.54, 1.807) is 48.5 Å². The second-order valence-electron chi connectivity index (χ2n) is 19.0. The van der Waals surface area contributed by atoms with Crippen LogP contribution in [-0.2, 0) is 22.3 Å². The van der Waals surface area contributed by atoms with Gasteiger partial charge in [-0.15, -0.1) is 23.2 Å². The lowest BCUT2D eigenvalue weighted by Gasteiger charge is -2.36. The molecule has 0 saturated heterocycles. The van der Waals surface area contributed by atoms with E-state index in [2.05, 4.69) is 0 Å². The van der Waals surface area contributed by atoms with Crippen molar-refractivity contribution in [3.63, 3.8) is 0 Å². The first kappa shape index (κ1) is 71.8. The van der Waals surface area contributed by atoms with Crippen molar-refractivity contribution in [2.75, 3.05) is 13.2 Å². The van der Waals surface area contributed by atoms with Gasteiger partial charge in [0.15, 0.2) is 46.5 Å². The fourth-order valence-corrected chi connectivity index (χ4v) is 8.03. The average Bonchev–Trinajstić information content (AvgIpc) is 3.36. The van der Waals surface area contributed by atoms with E-state index in [0.29, 0.717) is 50.0 Å². The highest BCUT2D eigenvalue weighted by molar-refractivity contribution is 6.24. The molecule has 74 heavy (non-hydrogen) atoms. The Morgan fingerprint density at radius 1 is 0.419 bits per heavy atom. The van der Waals surface area contributed by atoms with E-state index in [0.717, 1.165) is 11.1 Å². The lowest BCUT2D eigenvalue weighted by Crippen LogP contribution is -2.31. The molecule has 0 N–H and O–H groups in total. The van der Waals surface area contributed by atoms with E-state index >= 15 is 0 Å². The van der Waals surface area contributed by atoms with Gasteiger partial charge >= 0.3 is 11.9 Å². The third-order valence-corrected chi connectivity index (χ3v) is 11.5. The van der Waals surface area contributed by atoms with Crippen LogP contribution in [-0.4, -0.2) is 34.9 Å². The van der Waals surface area contributed by atoms with Gasteiger partial charge in [0.25, 0.3) is 0 Å². The summed E-state index contributed by atoms with van der Waals surface area (Å²) in [6.07, 6.45) is 2.33. The van der Waals surface area contributed by atoms with Gasteiger partial charge in [0, 0.05) is 32.7 Å². The van der Waals surface area contributed by atoms with E-state index in [4.69, 9.17) is 32.7 Å². The highest BCUT2D eigenvalue weighted by Crippen LogP contribution is 2.47. The van der Waals surface area contributed by atoms with Crippen LogP contribution in [0, 0.1) is 69.0 Å². The first-order chi connectivity index (χ1) is 34.4. The zero-order valence-electron chi connectivity index (χ0n) is 46.6. The van der Waals surface area contributed by atoms with E-state index in [9.17, 15) is 53.5 Å². The topological polar surface area (TPSA) is 52.6 Å². The lowest BCUT2D eigenvalue weighted by molar-refractivity contribution is 0.0496. The molecule has 0 saturated carbocycles. The second kappa shape index (κ2) is 33.0. The van der Waals surface area contributed by atoms with Crippen LogP contribution in [0.2, 0.25) is 0 Å². The SMILES string of the molecule is CC.CC.CC.CC.CCCOC(=O)c1ccc(CC(C)(C)CC(c2c(F)c(F)c(F)c(F)c2F)C(C)(C)Cl)cc1.CCCOC(=O)c1ccc(CC(C)(C)CC(c2c(F)c(F)c(F)c(F)c2F)C(C)(C)Cl)cc1. The standard InChI is InChI=1S/2C25H28ClF5O2.4C2H6/c2*1-6-11-33-23(32)15-9-7-14(8-10-15)12-24(2,3)13-16(25(4,5)26)17-18(27)20(29)22(31)21(30)19(17)28;4*1-2/h2*7-10,16H,6,11-13H2,1-5H3;4*1-2H3. The molecule has 0 spiro atoms. The summed E-state index contributed by atoms with van der Waals surface area (Å²) in [6, 6.07) is 13.4. The summed E-state index contributed by atoms with van der Waals surface area (Å²) in [5.41, 5.74) is -0.645. The van der Waals surface area contributed by atoms with Gasteiger partial charge in [-0.25, -0.2) is 53.5 Å². The fourth-order valence-electron chi connectivity index (χ4n) is 7.66.